The maximum atomic E-state index is 12.2. The number of carbonyl (C=O) groups is 2. The van der Waals surface area contributed by atoms with E-state index >= 15 is 0 Å². The number of amides is 2. The fraction of sp³-hybridized carbons (Fsp3) is 0.0833. The number of nitrogens with one attached hydrogen (secondary N) is 2. The van der Waals surface area contributed by atoms with Gasteiger partial charge in [-0.1, -0.05) is 41.6 Å². The minimum atomic E-state index is -0.500. The smallest absolute Gasteiger partial charge is 0.273 e. The van der Waals surface area contributed by atoms with Gasteiger partial charge in [0.15, 0.2) is 11.5 Å². The van der Waals surface area contributed by atoms with Crippen molar-refractivity contribution in [1.82, 2.24) is 15.5 Å². The average Bonchev–Trinajstić information content (AvgIpc) is 3.31. The summed E-state index contributed by atoms with van der Waals surface area (Å²) in [6.07, 6.45) is 1.72. The third kappa shape index (κ3) is 5.37. The highest BCUT2D eigenvalue weighted by molar-refractivity contribution is 5.98. The molecule has 2 amide bonds. The molecular formula is C24H20N4O4. The van der Waals surface area contributed by atoms with Crippen molar-refractivity contribution in [2.45, 2.75) is 6.92 Å². The second-order valence-corrected chi connectivity index (χ2v) is 6.97. The summed E-state index contributed by atoms with van der Waals surface area (Å²) in [7, 11) is 0. The Balaban J connectivity index is 1.27. The number of hydrogen-bond donors (Lipinski definition) is 2. The molecule has 32 heavy (non-hydrogen) atoms. The molecule has 8 heteroatoms. The molecular weight excluding hydrogens is 408 g/mol. The van der Waals surface area contributed by atoms with E-state index in [0.717, 1.165) is 11.1 Å². The van der Waals surface area contributed by atoms with Crippen LogP contribution in [0.5, 0.6) is 11.6 Å². The highest BCUT2D eigenvalue weighted by atomic mass is 16.5. The average molecular weight is 428 g/mol. The lowest BCUT2D eigenvalue weighted by atomic mass is 10.1. The van der Waals surface area contributed by atoms with Crippen molar-refractivity contribution in [3.8, 4) is 23.0 Å². The van der Waals surface area contributed by atoms with E-state index in [4.69, 9.17) is 9.26 Å². The Labute approximate surface area is 184 Å². The third-order valence-electron chi connectivity index (χ3n) is 4.46. The van der Waals surface area contributed by atoms with Gasteiger partial charge in [-0.25, -0.2) is 4.98 Å². The SMILES string of the molecule is Cc1ccc(Oc2ccc(NC(=O)CNC(=O)c3cc(-c4ccccc4)on3)cc2)nc1. The van der Waals surface area contributed by atoms with Crippen LogP contribution < -0.4 is 15.4 Å². The van der Waals surface area contributed by atoms with E-state index < -0.39 is 5.91 Å². The number of aromatic nitrogens is 2. The summed E-state index contributed by atoms with van der Waals surface area (Å²) in [5.74, 6) is 0.675. The van der Waals surface area contributed by atoms with E-state index in [1.165, 1.54) is 6.07 Å². The number of nitrogens with zero attached hydrogens (tertiary/aromatic N) is 2. The fourth-order valence-corrected chi connectivity index (χ4v) is 2.82. The van der Waals surface area contributed by atoms with Gasteiger partial charge in [-0.2, -0.15) is 0 Å². The highest BCUT2D eigenvalue weighted by Gasteiger charge is 2.14. The molecule has 0 fully saturated rings. The van der Waals surface area contributed by atoms with Crippen molar-refractivity contribution in [3.05, 3.63) is 90.3 Å². The van der Waals surface area contributed by atoms with E-state index in [1.807, 2.05) is 43.3 Å². The molecule has 0 aliphatic carbocycles. The maximum absolute atomic E-state index is 12.2. The van der Waals surface area contributed by atoms with E-state index in [1.54, 1.807) is 36.5 Å². The minimum Gasteiger partial charge on any atom is -0.439 e. The van der Waals surface area contributed by atoms with Crippen LogP contribution in [0.3, 0.4) is 0 Å². The minimum absolute atomic E-state index is 0.0999. The summed E-state index contributed by atoms with van der Waals surface area (Å²) in [6.45, 7) is 1.74. The molecule has 2 aromatic carbocycles. The molecule has 2 aromatic heterocycles. The predicted molar refractivity (Wildman–Crippen MR) is 118 cm³/mol. The molecule has 0 atom stereocenters. The first-order valence-corrected chi connectivity index (χ1v) is 9.87. The number of hydrogen-bond acceptors (Lipinski definition) is 6. The van der Waals surface area contributed by atoms with Crippen molar-refractivity contribution in [3.63, 3.8) is 0 Å². The first-order chi connectivity index (χ1) is 15.6. The van der Waals surface area contributed by atoms with Crippen LogP contribution in [-0.2, 0) is 4.79 Å². The number of anilines is 1. The quantitative estimate of drug-likeness (QED) is 0.457. The van der Waals surface area contributed by atoms with Gasteiger partial charge in [-0.05, 0) is 36.8 Å². The molecule has 4 rings (SSSR count). The van der Waals surface area contributed by atoms with Crippen LogP contribution in [0.1, 0.15) is 16.1 Å². The molecule has 2 N–H and O–H groups in total. The number of benzene rings is 2. The summed E-state index contributed by atoms with van der Waals surface area (Å²) in [5, 5.41) is 9.00. The van der Waals surface area contributed by atoms with Crippen LogP contribution in [0.15, 0.2) is 83.5 Å². The Hall–Kier alpha value is -4.46. The molecule has 160 valence electrons. The van der Waals surface area contributed by atoms with Crippen LogP contribution in [0.4, 0.5) is 5.69 Å². The molecule has 0 bridgehead atoms. The van der Waals surface area contributed by atoms with Gasteiger partial charge in [0.05, 0.1) is 6.54 Å². The number of aryl methyl sites for hydroxylation is 1. The van der Waals surface area contributed by atoms with E-state index in [-0.39, 0.29) is 18.1 Å². The van der Waals surface area contributed by atoms with Crippen molar-refractivity contribution in [2.24, 2.45) is 0 Å². The zero-order valence-electron chi connectivity index (χ0n) is 17.2. The van der Waals surface area contributed by atoms with Gasteiger partial charge in [0.1, 0.15) is 5.75 Å². The summed E-state index contributed by atoms with van der Waals surface area (Å²) < 4.78 is 10.9. The topological polar surface area (TPSA) is 106 Å². The normalized spacial score (nSPS) is 10.4. The fourth-order valence-electron chi connectivity index (χ4n) is 2.82. The van der Waals surface area contributed by atoms with Gasteiger partial charge < -0.3 is 19.9 Å². The first-order valence-electron chi connectivity index (χ1n) is 9.87. The summed E-state index contributed by atoms with van der Waals surface area (Å²) in [5.41, 5.74) is 2.52. The zero-order valence-corrected chi connectivity index (χ0v) is 17.2. The Morgan fingerprint density at radius 2 is 1.78 bits per heavy atom. The van der Waals surface area contributed by atoms with Crippen LogP contribution >= 0.6 is 0 Å². The summed E-state index contributed by atoms with van der Waals surface area (Å²) in [6, 6.07) is 21.4. The Bertz CT molecular complexity index is 1200. The summed E-state index contributed by atoms with van der Waals surface area (Å²) in [4.78, 5) is 28.6. The van der Waals surface area contributed by atoms with Crippen molar-refractivity contribution < 1.29 is 18.8 Å². The molecule has 0 unspecified atom stereocenters. The van der Waals surface area contributed by atoms with Crippen molar-refractivity contribution in [2.75, 3.05) is 11.9 Å². The number of ether oxygens (including phenoxy) is 1. The first kappa shape index (κ1) is 20.8. The van der Waals surface area contributed by atoms with Gasteiger partial charge in [0.25, 0.3) is 5.91 Å². The molecule has 0 aliphatic heterocycles. The molecule has 4 aromatic rings. The molecule has 0 saturated carbocycles. The second-order valence-electron chi connectivity index (χ2n) is 6.97. The monoisotopic (exact) mass is 428 g/mol. The molecule has 2 heterocycles. The second kappa shape index (κ2) is 9.57. The van der Waals surface area contributed by atoms with E-state index in [0.29, 0.717) is 23.1 Å². The Morgan fingerprint density at radius 3 is 2.50 bits per heavy atom. The Kier molecular flexibility index (Phi) is 6.22. The van der Waals surface area contributed by atoms with Crippen LogP contribution in [0.25, 0.3) is 11.3 Å². The molecule has 0 radical (unpaired) electrons. The molecule has 0 spiro atoms. The van der Waals surface area contributed by atoms with Gasteiger partial charge in [-0.3, -0.25) is 9.59 Å². The zero-order chi connectivity index (χ0) is 22.3. The van der Waals surface area contributed by atoms with Crippen LogP contribution in [0.2, 0.25) is 0 Å². The summed E-state index contributed by atoms with van der Waals surface area (Å²) >= 11 is 0. The largest absolute Gasteiger partial charge is 0.439 e. The van der Waals surface area contributed by atoms with Gasteiger partial charge >= 0.3 is 0 Å². The van der Waals surface area contributed by atoms with E-state index in [9.17, 15) is 9.59 Å². The third-order valence-corrected chi connectivity index (χ3v) is 4.46. The van der Waals surface area contributed by atoms with Crippen molar-refractivity contribution >= 4 is 17.5 Å². The number of carbonyl (C=O) groups excluding carboxylic acids is 2. The molecule has 8 nitrogen and oxygen atoms in total. The predicted octanol–water partition coefficient (Wildman–Crippen LogP) is 4.21. The van der Waals surface area contributed by atoms with Gasteiger partial charge in [0.2, 0.25) is 11.8 Å². The van der Waals surface area contributed by atoms with Crippen molar-refractivity contribution in [1.29, 1.82) is 0 Å². The Morgan fingerprint density at radius 1 is 1.00 bits per heavy atom. The standard InChI is InChI=1S/C24H20N4O4/c1-16-7-12-23(25-14-16)31-19-10-8-18(9-11-19)27-22(29)15-26-24(30)20-13-21(32-28-20)17-5-3-2-4-6-17/h2-14H,15H2,1H3,(H,26,30)(H,27,29). The van der Waals surface area contributed by atoms with Crippen LogP contribution in [0, 0.1) is 6.92 Å². The number of pyridine rings is 1. The van der Waals surface area contributed by atoms with Crippen LogP contribution in [-0.4, -0.2) is 28.5 Å². The van der Waals surface area contributed by atoms with Gasteiger partial charge in [0, 0.05) is 29.6 Å². The van der Waals surface area contributed by atoms with Gasteiger partial charge in [-0.15, -0.1) is 0 Å². The highest BCUT2D eigenvalue weighted by Crippen LogP contribution is 2.22. The molecule has 0 aliphatic rings. The maximum Gasteiger partial charge on any atom is 0.273 e. The number of rotatable bonds is 7. The molecule has 0 saturated heterocycles. The lowest BCUT2D eigenvalue weighted by Gasteiger charge is -2.08. The van der Waals surface area contributed by atoms with E-state index in [2.05, 4.69) is 20.8 Å². The lowest BCUT2D eigenvalue weighted by Crippen LogP contribution is -2.33. The lowest BCUT2D eigenvalue weighted by molar-refractivity contribution is -0.115.